The van der Waals surface area contributed by atoms with Crippen molar-refractivity contribution in [1.82, 2.24) is 4.57 Å². The van der Waals surface area contributed by atoms with Crippen LogP contribution in [-0.2, 0) is 13.0 Å². The van der Waals surface area contributed by atoms with Crippen molar-refractivity contribution >= 4 is 10.9 Å². The van der Waals surface area contributed by atoms with Crippen molar-refractivity contribution in [2.45, 2.75) is 12.3 Å². The summed E-state index contributed by atoms with van der Waals surface area (Å²) in [6.45, 7) is -0.514. The van der Waals surface area contributed by atoms with Crippen LogP contribution in [0.5, 0.6) is 0 Å². The molecule has 0 aliphatic heterocycles. The maximum Gasteiger partial charge on any atom is 0.275 e. The zero-order chi connectivity index (χ0) is 11.8. The lowest BCUT2D eigenvalue weighted by atomic mass is 10.0. The molecule has 1 aromatic carbocycles. The fraction of sp³-hybridized carbons (Fsp3) is 0.333. The smallest absolute Gasteiger partial charge is 0.275 e. The molecule has 0 unspecified atom stereocenters. The monoisotopic (exact) mass is 225 g/mol. The van der Waals surface area contributed by atoms with Gasteiger partial charge in [-0.2, -0.15) is 0 Å². The van der Waals surface area contributed by atoms with E-state index in [2.05, 4.69) is 0 Å². The average molecular weight is 225 g/mol. The predicted molar refractivity (Wildman–Crippen MR) is 58.5 cm³/mol. The highest BCUT2D eigenvalue weighted by Gasteiger charge is 2.30. The number of hydrogen-bond acceptors (Lipinski definition) is 1. The van der Waals surface area contributed by atoms with Crippen LogP contribution in [0.25, 0.3) is 10.9 Å². The molecular weight excluding hydrogens is 212 g/mol. The van der Waals surface area contributed by atoms with Gasteiger partial charge in [0.25, 0.3) is 5.92 Å². The molecule has 2 rings (SSSR count). The van der Waals surface area contributed by atoms with Gasteiger partial charge in [-0.1, -0.05) is 6.07 Å². The standard InChI is InChI=1S/C12H13F2NO/c1-15-6-4-9-8-10(2-3-11(9)15)12(13,14)5-7-16/h2-4,6,8,16H,5,7H2,1H3. The minimum atomic E-state index is -2.96. The molecule has 0 atom stereocenters. The summed E-state index contributed by atoms with van der Waals surface area (Å²) in [4.78, 5) is 0. The Kier molecular flexibility index (Phi) is 2.68. The van der Waals surface area contributed by atoms with E-state index in [1.807, 2.05) is 17.8 Å². The summed E-state index contributed by atoms with van der Waals surface area (Å²) in [5.41, 5.74) is 0.879. The molecule has 0 spiro atoms. The Bertz CT molecular complexity index is 505. The van der Waals surface area contributed by atoms with Crippen molar-refractivity contribution in [1.29, 1.82) is 0 Å². The second-order valence-corrected chi connectivity index (χ2v) is 3.88. The summed E-state index contributed by atoms with van der Waals surface area (Å²) in [6.07, 6.45) is 1.30. The van der Waals surface area contributed by atoms with Crippen LogP contribution in [-0.4, -0.2) is 16.3 Å². The summed E-state index contributed by atoms with van der Waals surface area (Å²) in [5.74, 6) is -2.96. The van der Waals surface area contributed by atoms with E-state index < -0.39 is 19.0 Å². The van der Waals surface area contributed by atoms with Crippen LogP contribution in [0.15, 0.2) is 30.5 Å². The van der Waals surface area contributed by atoms with Crippen LogP contribution >= 0.6 is 0 Å². The lowest BCUT2D eigenvalue weighted by Gasteiger charge is -2.15. The largest absolute Gasteiger partial charge is 0.396 e. The molecular formula is C12H13F2NO. The van der Waals surface area contributed by atoms with Crippen LogP contribution in [0.2, 0.25) is 0 Å². The molecule has 2 aromatic rings. The number of aliphatic hydroxyl groups excluding tert-OH is 1. The molecule has 16 heavy (non-hydrogen) atoms. The number of halogens is 2. The SMILES string of the molecule is Cn1ccc2cc(C(F)(F)CCO)ccc21. The Hall–Kier alpha value is -1.42. The number of alkyl halides is 2. The van der Waals surface area contributed by atoms with E-state index >= 15 is 0 Å². The molecule has 0 aliphatic carbocycles. The van der Waals surface area contributed by atoms with Gasteiger partial charge in [0.15, 0.2) is 0 Å². The Morgan fingerprint density at radius 3 is 2.75 bits per heavy atom. The number of aryl methyl sites for hydroxylation is 1. The highest BCUT2D eigenvalue weighted by molar-refractivity contribution is 5.80. The minimum Gasteiger partial charge on any atom is -0.396 e. The third kappa shape index (κ3) is 1.80. The summed E-state index contributed by atoms with van der Waals surface area (Å²) in [7, 11) is 1.87. The number of benzene rings is 1. The van der Waals surface area contributed by atoms with Crippen molar-refractivity contribution in [2.24, 2.45) is 7.05 Å². The lowest BCUT2D eigenvalue weighted by Crippen LogP contribution is -2.15. The van der Waals surface area contributed by atoms with Gasteiger partial charge in [0.05, 0.1) is 0 Å². The maximum atomic E-state index is 13.5. The highest BCUT2D eigenvalue weighted by Crippen LogP contribution is 2.33. The molecule has 0 saturated heterocycles. The zero-order valence-electron chi connectivity index (χ0n) is 8.95. The number of nitrogens with zero attached hydrogens (tertiary/aromatic N) is 1. The summed E-state index contributed by atoms with van der Waals surface area (Å²) in [6, 6.07) is 6.37. The molecule has 2 nitrogen and oxygen atoms in total. The van der Waals surface area contributed by atoms with Crippen molar-refractivity contribution in [3.63, 3.8) is 0 Å². The topological polar surface area (TPSA) is 25.2 Å². The van der Waals surface area contributed by atoms with E-state index in [-0.39, 0.29) is 5.56 Å². The van der Waals surface area contributed by atoms with Gasteiger partial charge in [0, 0.05) is 42.7 Å². The quantitative estimate of drug-likeness (QED) is 0.853. The Balaban J connectivity index is 2.46. The number of hydrogen-bond donors (Lipinski definition) is 1. The van der Waals surface area contributed by atoms with Gasteiger partial charge in [0.1, 0.15) is 0 Å². The minimum absolute atomic E-state index is 0.0414. The van der Waals surface area contributed by atoms with Crippen molar-refractivity contribution in [2.75, 3.05) is 6.61 Å². The molecule has 4 heteroatoms. The molecule has 0 fully saturated rings. The number of rotatable bonds is 3. The van der Waals surface area contributed by atoms with Crippen LogP contribution in [0.3, 0.4) is 0 Å². The first-order chi connectivity index (χ1) is 7.54. The van der Waals surface area contributed by atoms with Crippen LogP contribution < -0.4 is 0 Å². The Labute approximate surface area is 92.1 Å². The van der Waals surface area contributed by atoms with Crippen LogP contribution in [0.1, 0.15) is 12.0 Å². The van der Waals surface area contributed by atoms with Gasteiger partial charge in [-0.15, -0.1) is 0 Å². The fourth-order valence-electron chi connectivity index (χ4n) is 1.79. The van der Waals surface area contributed by atoms with Gasteiger partial charge in [-0.3, -0.25) is 0 Å². The van der Waals surface area contributed by atoms with E-state index in [1.165, 1.54) is 12.1 Å². The van der Waals surface area contributed by atoms with Crippen molar-refractivity contribution in [3.05, 3.63) is 36.0 Å². The van der Waals surface area contributed by atoms with Crippen LogP contribution in [0.4, 0.5) is 8.78 Å². The molecule has 0 radical (unpaired) electrons. The fourth-order valence-corrected chi connectivity index (χ4v) is 1.79. The number of aromatic nitrogens is 1. The molecule has 0 saturated carbocycles. The van der Waals surface area contributed by atoms with Gasteiger partial charge in [-0.05, 0) is 18.2 Å². The second kappa shape index (κ2) is 3.87. The summed E-state index contributed by atoms with van der Waals surface area (Å²) < 4.78 is 28.9. The summed E-state index contributed by atoms with van der Waals surface area (Å²) >= 11 is 0. The molecule has 0 bridgehead atoms. The number of fused-ring (bicyclic) bond motifs is 1. The van der Waals surface area contributed by atoms with Gasteiger partial charge in [-0.25, -0.2) is 8.78 Å². The van der Waals surface area contributed by atoms with E-state index in [4.69, 9.17) is 5.11 Å². The third-order valence-electron chi connectivity index (χ3n) is 2.73. The van der Waals surface area contributed by atoms with Gasteiger partial charge in [0.2, 0.25) is 0 Å². The molecule has 86 valence electrons. The average Bonchev–Trinajstić information content (AvgIpc) is 2.60. The first-order valence-corrected chi connectivity index (χ1v) is 5.09. The van der Waals surface area contributed by atoms with Crippen molar-refractivity contribution in [3.8, 4) is 0 Å². The predicted octanol–water partition coefficient (Wildman–Crippen LogP) is 2.65. The van der Waals surface area contributed by atoms with Crippen molar-refractivity contribution < 1.29 is 13.9 Å². The molecule has 1 aromatic heterocycles. The Morgan fingerprint density at radius 1 is 1.31 bits per heavy atom. The van der Waals surface area contributed by atoms with E-state index in [9.17, 15) is 8.78 Å². The second-order valence-electron chi connectivity index (χ2n) is 3.88. The summed E-state index contributed by atoms with van der Waals surface area (Å²) in [5, 5.41) is 9.39. The van der Waals surface area contributed by atoms with E-state index in [0.29, 0.717) is 0 Å². The van der Waals surface area contributed by atoms with E-state index in [0.717, 1.165) is 10.9 Å². The van der Waals surface area contributed by atoms with Crippen LogP contribution in [0, 0.1) is 0 Å². The maximum absolute atomic E-state index is 13.5. The molecule has 0 aliphatic rings. The molecule has 1 N–H and O–H groups in total. The normalized spacial score (nSPS) is 12.2. The third-order valence-corrected chi connectivity index (χ3v) is 2.73. The molecule has 1 heterocycles. The first kappa shape index (κ1) is 11.1. The molecule has 0 amide bonds. The van der Waals surface area contributed by atoms with Gasteiger partial charge < -0.3 is 9.67 Å². The Morgan fingerprint density at radius 2 is 2.06 bits per heavy atom. The first-order valence-electron chi connectivity index (χ1n) is 5.09. The van der Waals surface area contributed by atoms with E-state index in [1.54, 1.807) is 12.1 Å². The lowest BCUT2D eigenvalue weighted by molar-refractivity contribution is -0.0268. The highest BCUT2D eigenvalue weighted by atomic mass is 19.3. The number of aliphatic hydroxyl groups is 1. The zero-order valence-corrected chi connectivity index (χ0v) is 8.95. The van der Waals surface area contributed by atoms with Gasteiger partial charge >= 0.3 is 0 Å².